The lowest BCUT2D eigenvalue weighted by atomic mass is 10.2. The van der Waals surface area contributed by atoms with Gasteiger partial charge in [-0.05, 0) is 35.4 Å². The average molecular weight is 225 g/mol. The van der Waals surface area contributed by atoms with E-state index in [4.69, 9.17) is 4.74 Å². The summed E-state index contributed by atoms with van der Waals surface area (Å²) in [6.07, 6.45) is 1.82. The highest BCUT2D eigenvalue weighted by atomic mass is 16.5. The van der Waals surface area contributed by atoms with Crippen molar-refractivity contribution in [3.05, 3.63) is 65.7 Å². The largest absolute Gasteiger partial charge is 0.489 e. The summed E-state index contributed by atoms with van der Waals surface area (Å²) < 4.78 is 5.68. The first kappa shape index (κ1) is 11.4. The van der Waals surface area contributed by atoms with Gasteiger partial charge in [-0.1, -0.05) is 30.3 Å². The summed E-state index contributed by atoms with van der Waals surface area (Å²) in [5.41, 5.74) is 2.26. The lowest BCUT2D eigenvalue weighted by molar-refractivity contribution is 0.306. The molecule has 0 aliphatic heterocycles. The summed E-state index contributed by atoms with van der Waals surface area (Å²) in [5, 5.41) is 0. The number of benzene rings is 2. The van der Waals surface area contributed by atoms with Gasteiger partial charge in [0.25, 0.3) is 0 Å². The van der Waals surface area contributed by atoms with E-state index in [0.29, 0.717) is 6.61 Å². The number of hydrogen-bond donors (Lipinski definition) is 0. The lowest BCUT2D eigenvalue weighted by Crippen LogP contribution is -1.94. The van der Waals surface area contributed by atoms with Crippen molar-refractivity contribution >= 4 is 6.21 Å². The molecule has 2 aromatic carbocycles. The first-order valence-corrected chi connectivity index (χ1v) is 5.57. The van der Waals surface area contributed by atoms with Gasteiger partial charge in [0.05, 0.1) is 0 Å². The highest BCUT2D eigenvalue weighted by Crippen LogP contribution is 2.13. The Kier molecular flexibility index (Phi) is 3.92. The maximum absolute atomic E-state index is 5.68. The standard InChI is InChI=1S/C15H15NO/c1-16-11-13-7-9-15(10-8-13)17-12-14-5-3-2-4-6-14/h2-11H,12H2,1H3. The van der Waals surface area contributed by atoms with Crippen molar-refractivity contribution in [1.29, 1.82) is 0 Å². The minimum absolute atomic E-state index is 0.599. The van der Waals surface area contributed by atoms with Crippen molar-refractivity contribution < 1.29 is 4.74 Å². The second-order valence-corrected chi connectivity index (χ2v) is 3.73. The van der Waals surface area contributed by atoms with Crippen LogP contribution in [0.2, 0.25) is 0 Å². The Morgan fingerprint density at radius 2 is 1.71 bits per heavy atom. The van der Waals surface area contributed by atoms with Crippen LogP contribution in [0.25, 0.3) is 0 Å². The third-order valence-electron chi connectivity index (χ3n) is 2.41. The van der Waals surface area contributed by atoms with Crippen LogP contribution in [0.15, 0.2) is 59.6 Å². The first-order valence-electron chi connectivity index (χ1n) is 5.57. The SMILES string of the molecule is CN=Cc1ccc(OCc2ccccc2)cc1. The van der Waals surface area contributed by atoms with Crippen LogP contribution in [0, 0.1) is 0 Å². The fourth-order valence-electron chi connectivity index (χ4n) is 1.54. The maximum atomic E-state index is 5.68. The van der Waals surface area contributed by atoms with Gasteiger partial charge >= 0.3 is 0 Å². The molecule has 0 aliphatic carbocycles. The van der Waals surface area contributed by atoms with E-state index < -0.39 is 0 Å². The molecule has 2 nitrogen and oxygen atoms in total. The highest BCUT2D eigenvalue weighted by Gasteiger charge is 1.95. The van der Waals surface area contributed by atoms with Gasteiger partial charge in [-0.3, -0.25) is 4.99 Å². The minimum Gasteiger partial charge on any atom is -0.489 e. The van der Waals surface area contributed by atoms with Crippen molar-refractivity contribution in [2.45, 2.75) is 6.61 Å². The van der Waals surface area contributed by atoms with Crippen molar-refractivity contribution in [3.8, 4) is 5.75 Å². The molecule has 0 fully saturated rings. The molecular weight excluding hydrogens is 210 g/mol. The molecule has 2 heteroatoms. The summed E-state index contributed by atoms with van der Waals surface area (Å²) in [4.78, 5) is 3.96. The van der Waals surface area contributed by atoms with Crippen LogP contribution in [0.5, 0.6) is 5.75 Å². The van der Waals surface area contributed by atoms with Crippen LogP contribution in [-0.4, -0.2) is 13.3 Å². The molecule has 2 aromatic rings. The average Bonchev–Trinajstić information content (AvgIpc) is 2.40. The molecular formula is C15H15NO. The monoisotopic (exact) mass is 225 g/mol. The van der Waals surface area contributed by atoms with E-state index in [2.05, 4.69) is 17.1 Å². The molecule has 0 radical (unpaired) electrons. The van der Waals surface area contributed by atoms with Gasteiger partial charge in [-0.25, -0.2) is 0 Å². The molecule has 86 valence electrons. The highest BCUT2D eigenvalue weighted by molar-refractivity contribution is 5.79. The normalized spacial score (nSPS) is 10.6. The molecule has 0 aromatic heterocycles. The third kappa shape index (κ3) is 3.45. The van der Waals surface area contributed by atoms with Gasteiger partial charge in [0.2, 0.25) is 0 Å². The predicted octanol–water partition coefficient (Wildman–Crippen LogP) is 3.31. The van der Waals surface area contributed by atoms with E-state index in [0.717, 1.165) is 11.3 Å². The molecule has 0 N–H and O–H groups in total. The second kappa shape index (κ2) is 5.85. The number of aliphatic imine (C=N–C) groups is 1. The molecule has 0 aliphatic rings. The van der Waals surface area contributed by atoms with E-state index in [1.807, 2.05) is 48.7 Å². The number of nitrogens with zero attached hydrogens (tertiary/aromatic N) is 1. The summed E-state index contributed by atoms with van der Waals surface area (Å²) in [7, 11) is 1.76. The summed E-state index contributed by atoms with van der Waals surface area (Å²) in [6, 6.07) is 18.0. The fraction of sp³-hybridized carbons (Fsp3) is 0.133. The topological polar surface area (TPSA) is 21.6 Å². The first-order chi connectivity index (χ1) is 8.38. The molecule has 0 atom stereocenters. The molecule has 2 rings (SSSR count). The molecule has 0 saturated carbocycles. The van der Waals surface area contributed by atoms with Crippen LogP contribution in [0.3, 0.4) is 0 Å². The molecule has 0 bridgehead atoms. The number of rotatable bonds is 4. The Hall–Kier alpha value is -2.09. The van der Waals surface area contributed by atoms with Gasteiger partial charge < -0.3 is 4.74 Å². The lowest BCUT2D eigenvalue weighted by Gasteiger charge is -2.06. The van der Waals surface area contributed by atoms with Crippen LogP contribution in [-0.2, 0) is 6.61 Å². The minimum atomic E-state index is 0.599. The smallest absolute Gasteiger partial charge is 0.119 e. The van der Waals surface area contributed by atoms with Crippen LogP contribution in [0.4, 0.5) is 0 Å². The molecule has 0 heterocycles. The fourth-order valence-corrected chi connectivity index (χ4v) is 1.54. The predicted molar refractivity (Wildman–Crippen MR) is 70.7 cm³/mol. The molecule has 17 heavy (non-hydrogen) atoms. The molecule has 0 saturated heterocycles. The quantitative estimate of drug-likeness (QED) is 0.731. The molecule has 0 unspecified atom stereocenters. The van der Waals surface area contributed by atoms with E-state index in [1.54, 1.807) is 7.05 Å². The molecule has 0 amide bonds. The van der Waals surface area contributed by atoms with E-state index in [9.17, 15) is 0 Å². The summed E-state index contributed by atoms with van der Waals surface area (Å²) in [6.45, 7) is 0.599. The summed E-state index contributed by atoms with van der Waals surface area (Å²) >= 11 is 0. The van der Waals surface area contributed by atoms with E-state index in [1.165, 1.54) is 5.56 Å². The van der Waals surface area contributed by atoms with E-state index in [-0.39, 0.29) is 0 Å². The van der Waals surface area contributed by atoms with Crippen LogP contribution < -0.4 is 4.74 Å². The Balaban J connectivity index is 1.95. The van der Waals surface area contributed by atoms with Crippen molar-refractivity contribution in [1.82, 2.24) is 0 Å². The van der Waals surface area contributed by atoms with Crippen molar-refractivity contribution in [3.63, 3.8) is 0 Å². The van der Waals surface area contributed by atoms with Crippen molar-refractivity contribution in [2.24, 2.45) is 4.99 Å². The zero-order chi connectivity index (χ0) is 11.9. The third-order valence-corrected chi connectivity index (χ3v) is 2.41. The Labute approximate surface area is 102 Å². The zero-order valence-electron chi connectivity index (χ0n) is 9.84. The van der Waals surface area contributed by atoms with Crippen molar-refractivity contribution in [2.75, 3.05) is 7.05 Å². The number of ether oxygens (including phenoxy) is 1. The zero-order valence-corrected chi connectivity index (χ0v) is 9.84. The second-order valence-electron chi connectivity index (χ2n) is 3.73. The van der Waals surface area contributed by atoms with Gasteiger partial charge in [-0.15, -0.1) is 0 Å². The Bertz CT molecular complexity index is 474. The maximum Gasteiger partial charge on any atom is 0.119 e. The Morgan fingerprint density at radius 1 is 1.00 bits per heavy atom. The molecule has 0 spiro atoms. The number of hydrogen-bond acceptors (Lipinski definition) is 2. The summed E-state index contributed by atoms with van der Waals surface area (Å²) in [5.74, 6) is 0.877. The van der Waals surface area contributed by atoms with Crippen LogP contribution in [0.1, 0.15) is 11.1 Å². The van der Waals surface area contributed by atoms with Gasteiger partial charge in [0.1, 0.15) is 12.4 Å². The Morgan fingerprint density at radius 3 is 2.35 bits per heavy atom. The van der Waals surface area contributed by atoms with Gasteiger partial charge in [0, 0.05) is 13.3 Å². The van der Waals surface area contributed by atoms with E-state index >= 15 is 0 Å². The van der Waals surface area contributed by atoms with Gasteiger partial charge in [0.15, 0.2) is 0 Å². The van der Waals surface area contributed by atoms with Crippen LogP contribution >= 0.6 is 0 Å². The van der Waals surface area contributed by atoms with Gasteiger partial charge in [-0.2, -0.15) is 0 Å².